The Morgan fingerprint density at radius 3 is 2.69 bits per heavy atom. The molecule has 1 heterocycles. The smallest absolute Gasteiger partial charge is 0.106 e. The van der Waals surface area contributed by atoms with Gasteiger partial charge in [0.25, 0.3) is 0 Å². The number of nitrogens with one attached hydrogen (secondary N) is 1. The quantitative estimate of drug-likeness (QED) is 0.724. The summed E-state index contributed by atoms with van der Waals surface area (Å²) in [4.78, 5) is 9.74. The van der Waals surface area contributed by atoms with Crippen LogP contribution in [-0.4, -0.2) is 34.5 Å². The predicted octanol–water partition coefficient (Wildman–Crippen LogP) is 1.68. The summed E-state index contributed by atoms with van der Waals surface area (Å²) in [5.41, 5.74) is 0. The van der Waals surface area contributed by atoms with Crippen molar-refractivity contribution in [3.05, 3.63) is 18.2 Å². The van der Waals surface area contributed by atoms with Crippen LogP contribution in [0, 0.1) is 0 Å². The van der Waals surface area contributed by atoms with E-state index in [1.807, 2.05) is 12.4 Å². The van der Waals surface area contributed by atoms with Crippen LogP contribution in [0.5, 0.6) is 0 Å². The fourth-order valence-electron chi connectivity index (χ4n) is 1.44. The lowest BCUT2D eigenvalue weighted by atomic mass is 10.3. The van der Waals surface area contributed by atoms with Gasteiger partial charge in [-0.15, -0.1) is 0 Å². The Bertz CT molecular complexity index is 202. The summed E-state index contributed by atoms with van der Waals surface area (Å²) in [5, 5.41) is 0. The molecule has 0 aromatic carbocycles. The molecule has 3 heteroatoms. The number of hydrogen-bond donors (Lipinski definition) is 1. The summed E-state index contributed by atoms with van der Waals surface area (Å²) in [6, 6.07) is 0. The van der Waals surface area contributed by atoms with E-state index in [1.165, 1.54) is 13.0 Å². The van der Waals surface area contributed by atoms with Crippen LogP contribution in [0.2, 0.25) is 0 Å². The van der Waals surface area contributed by atoms with Gasteiger partial charge in [0.15, 0.2) is 0 Å². The van der Waals surface area contributed by atoms with Gasteiger partial charge in [-0.1, -0.05) is 13.8 Å². The number of hydrogen-bond acceptors (Lipinski definition) is 2. The van der Waals surface area contributed by atoms with Gasteiger partial charge in [-0.05, 0) is 26.1 Å². The second-order valence-corrected chi connectivity index (χ2v) is 3.17. The van der Waals surface area contributed by atoms with E-state index in [-0.39, 0.29) is 0 Å². The van der Waals surface area contributed by atoms with Crippen LogP contribution in [0.25, 0.3) is 0 Å². The number of imidazole rings is 1. The van der Waals surface area contributed by atoms with Crippen LogP contribution in [0.3, 0.4) is 0 Å². The molecule has 0 spiro atoms. The zero-order valence-corrected chi connectivity index (χ0v) is 8.58. The third-order valence-electron chi connectivity index (χ3n) is 2.34. The highest BCUT2D eigenvalue weighted by atomic mass is 15.1. The molecule has 1 rings (SSSR count). The number of H-pyrrole nitrogens is 1. The van der Waals surface area contributed by atoms with E-state index < -0.39 is 0 Å². The molecule has 0 unspecified atom stereocenters. The number of aryl methyl sites for hydroxylation is 1. The molecule has 0 amide bonds. The molecule has 0 bridgehead atoms. The highest BCUT2D eigenvalue weighted by molar-refractivity contribution is 4.86. The first-order valence-electron chi connectivity index (χ1n) is 5.07. The monoisotopic (exact) mass is 181 g/mol. The minimum absolute atomic E-state index is 1.06. The van der Waals surface area contributed by atoms with Crippen molar-refractivity contribution in [2.24, 2.45) is 0 Å². The molecule has 0 aliphatic rings. The lowest BCUT2D eigenvalue weighted by Gasteiger charge is -2.16. The zero-order valence-electron chi connectivity index (χ0n) is 8.58. The molecule has 0 atom stereocenters. The maximum atomic E-state index is 4.19. The van der Waals surface area contributed by atoms with Crippen LogP contribution in [-0.2, 0) is 6.42 Å². The fraction of sp³-hybridized carbons (Fsp3) is 0.700. The van der Waals surface area contributed by atoms with Crippen molar-refractivity contribution in [1.29, 1.82) is 0 Å². The SMILES string of the molecule is CCN(CC)CCCc1ncc[nH]1. The summed E-state index contributed by atoms with van der Waals surface area (Å²) in [6.45, 7) is 7.88. The molecule has 1 aromatic rings. The summed E-state index contributed by atoms with van der Waals surface area (Å²) in [5.74, 6) is 1.10. The molecular formula is C10H19N3. The number of aromatic nitrogens is 2. The maximum absolute atomic E-state index is 4.19. The van der Waals surface area contributed by atoms with Gasteiger partial charge in [0, 0.05) is 18.8 Å². The molecule has 0 fully saturated rings. The number of rotatable bonds is 6. The molecule has 0 saturated heterocycles. The van der Waals surface area contributed by atoms with Crippen molar-refractivity contribution >= 4 is 0 Å². The van der Waals surface area contributed by atoms with Crippen molar-refractivity contribution in [2.75, 3.05) is 19.6 Å². The lowest BCUT2D eigenvalue weighted by Crippen LogP contribution is -2.24. The lowest BCUT2D eigenvalue weighted by molar-refractivity contribution is 0.299. The van der Waals surface area contributed by atoms with Crippen LogP contribution >= 0.6 is 0 Å². The van der Waals surface area contributed by atoms with E-state index in [0.29, 0.717) is 0 Å². The van der Waals surface area contributed by atoms with Gasteiger partial charge in [-0.2, -0.15) is 0 Å². The first-order chi connectivity index (χ1) is 6.36. The molecule has 0 aliphatic carbocycles. The van der Waals surface area contributed by atoms with Crippen molar-refractivity contribution < 1.29 is 0 Å². The Morgan fingerprint density at radius 2 is 2.15 bits per heavy atom. The Morgan fingerprint density at radius 1 is 1.38 bits per heavy atom. The van der Waals surface area contributed by atoms with Crippen molar-refractivity contribution in [3.63, 3.8) is 0 Å². The summed E-state index contributed by atoms with van der Waals surface area (Å²) in [7, 11) is 0. The van der Waals surface area contributed by atoms with Gasteiger partial charge in [0.1, 0.15) is 5.82 Å². The number of nitrogens with zero attached hydrogens (tertiary/aromatic N) is 2. The molecule has 74 valence electrons. The molecule has 3 nitrogen and oxygen atoms in total. The van der Waals surface area contributed by atoms with E-state index in [0.717, 1.165) is 25.3 Å². The second kappa shape index (κ2) is 5.75. The Labute approximate surface area is 80.2 Å². The van der Waals surface area contributed by atoms with E-state index in [9.17, 15) is 0 Å². The molecular weight excluding hydrogens is 162 g/mol. The summed E-state index contributed by atoms with van der Waals surface area (Å²) >= 11 is 0. The minimum atomic E-state index is 1.06. The average Bonchev–Trinajstić information content (AvgIpc) is 2.65. The normalized spacial score (nSPS) is 11.0. The third-order valence-corrected chi connectivity index (χ3v) is 2.34. The molecule has 13 heavy (non-hydrogen) atoms. The Kier molecular flexibility index (Phi) is 4.54. The van der Waals surface area contributed by atoms with E-state index in [4.69, 9.17) is 0 Å². The summed E-state index contributed by atoms with van der Waals surface area (Å²) in [6.07, 6.45) is 5.94. The van der Waals surface area contributed by atoms with Gasteiger partial charge < -0.3 is 9.88 Å². The van der Waals surface area contributed by atoms with E-state index in [2.05, 4.69) is 28.7 Å². The van der Waals surface area contributed by atoms with Crippen molar-refractivity contribution in [1.82, 2.24) is 14.9 Å². The topological polar surface area (TPSA) is 31.9 Å². The van der Waals surface area contributed by atoms with Crippen molar-refractivity contribution in [3.8, 4) is 0 Å². The average molecular weight is 181 g/mol. The highest BCUT2D eigenvalue weighted by Crippen LogP contribution is 1.97. The largest absolute Gasteiger partial charge is 0.349 e. The second-order valence-electron chi connectivity index (χ2n) is 3.17. The van der Waals surface area contributed by atoms with E-state index in [1.54, 1.807) is 0 Å². The Balaban J connectivity index is 2.13. The van der Waals surface area contributed by atoms with Gasteiger partial charge in [-0.3, -0.25) is 0 Å². The van der Waals surface area contributed by atoms with Crippen LogP contribution < -0.4 is 0 Å². The predicted molar refractivity (Wildman–Crippen MR) is 54.7 cm³/mol. The number of aromatic amines is 1. The fourth-order valence-corrected chi connectivity index (χ4v) is 1.44. The van der Waals surface area contributed by atoms with E-state index >= 15 is 0 Å². The van der Waals surface area contributed by atoms with Crippen molar-refractivity contribution in [2.45, 2.75) is 26.7 Å². The Hall–Kier alpha value is -0.830. The van der Waals surface area contributed by atoms with Gasteiger partial charge >= 0.3 is 0 Å². The van der Waals surface area contributed by atoms with Gasteiger partial charge in [0.05, 0.1) is 0 Å². The molecule has 1 aromatic heterocycles. The molecule has 0 saturated carbocycles. The van der Waals surface area contributed by atoms with Gasteiger partial charge in [0.2, 0.25) is 0 Å². The zero-order chi connectivity index (χ0) is 9.52. The molecule has 0 aliphatic heterocycles. The molecule has 0 radical (unpaired) electrons. The highest BCUT2D eigenvalue weighted by Gasteiger charge is 1.99. The third kappa shape index (κ3) is 3.59. The van der Waals surface area contributed by atoms with Crippen LogP contribution in [0.1, 0.15) is 26.1 Å². The minimum Gasteiger partial charge on any atom is -0.349 e. The summed E-state index contributed by atoms with van der Waals surface area (Å²) < 4.78 is 0. The van der Waals surface area contributed by atoms with Crippen LogP contribution in [0.15, 0.2) is 12.4 Å². The van der Waals surface area contributed by atoms with Gasteiger partial charge in [-0.25, -0.2) is 4.98 Å². The standard InChI is InChI=1S/C10H19N3/c1-3-13(4-2)9-5-6-10-11-7-8-12-10/h7-8H,3-6,9H2,1-2H3,(H,11,12). The molecule has 1 N–H and O–H groups in total. The first-order valence-corrected chi connectivity index (χ1v) is 5.07. The maximum Gasteiger partial charge on any atom is 0.106 e. The van der Waals surface area contributed by atoms with Crippen LogP contribution in [0.4, 0.5) is 0 Å². The first kappa shape index (κ1) is 10.3.